The first kappa shape index (κ1) is 16.2. The Labute approximate surface area is 143 Å². The van der Waals surface area contributed by atoms with Crippen LogP contribution in [0.3, 0.4) is 0 Å². The zero-order chi connectivity index (χ0) is 17.1. The minimum absolute atomic E-state index is 0.422. The largest absolute Gasteiger partial charge is 0.481 e. The number of nitrogens with zero attached hydrogens (tertiary/aromatic N) is 2. The number of pyridine rings is 2. The summed E-state index contributed by atoms with van der Waals surface area (Å²) in [7, 11) is 1.63. The first-order valence-electron chi connectivity index (χ1n) is 8.15. The molecule has 0 aliphatic carbocycles. The number of ether oxygens (including phenoxy) is 1. The molecule has 122 valence electrons. The van der Waals surface area contributed by atoms with Crippen molar-refractivity contribution in [3.63, 3.8) is 0 Å². The van der Waals surface area contributed by atoms with E-state index in [9.17, 15) is 0 Å². The molecule has 3 nitrogen and oxygen atoms in total. The molecule has 0 N–H and O–H groups in total. The number of aryl methyl sites for hydroxylation is 1. The summed E-state index contributed by atoms with van der Waals surface area (Å²) in [6, 6.07) is 12.6. The second kappa shape index (κ2) is 6.83. The fraction of sp³-hybridized carbons (Fsp3) is 0.238. The third-order valence-corrected chi connectivity index (χ3v) is 4.28. The van der Waals surface area contributed by atoms with E-state index in [-0.39, 0.29) is 0 Å². The highest BCUT2D eigenvalue weighted by molar-refractivity contribution is 5.75. The summed E-state index contributed by atoms with van der Waals surface area (Å²) >= 11 is 0. The fourth-order valence-corrected chi connectivity index (χ4v) is 2.88. The lowest BCUT2D eigenvalue weighted by molar-refractivity contribution is 0.398. The van der Waals surface area contributed by atoms with Crippen LogP contribution in [0.4, 0.5) is 0 Å². The van der Waals surface area contributed by atoms with Crippen LogP contribution in [0.15, 0.2) is 55.0 Å². The molecule has 0 amide bonds. The van der Waals surface area contributed by atoms with Gasteiger partial charge in [0, 0.05) is 35.8 Å². The number of aromatic nitrogens is 2. The Morgan fingerprint density at radius 1 is 0.917 bits per heavy atom. The monoisotopic (exact) mass is 318 g/mol. The van der Waals surface area contributed by atoms with Gasteiger partial charge in [-0.3, -0.25) is 4.98 Å². The van der Waals surface area contributed by atoms with Gasteiger partial charge in [0.05, 0.1) is 7.11 Å². The molecule has 0 saturated heterocycles. The second-order valence-corrected chi connectivity index (χ2v) is 6.24. The van der Waals surface area contributed by atoms with Crippen LogP contribution in [0.25, 0.3) is 22.3 Å². The minimum Gasteiger partial charge on any atom is -0.481 e. The van der Waals surface area contributed by atoms with E-state index >= 15 is 0 Å². The Kier molecular flexibility index (Phi) is 4.61. The standard InChI is InChI=1S/C21H22N2O/c1-14(2)19-11-16(17-6-8-21(24-4)23-12-17)5-7-18(19)20-13-22-10-9-15(20)3/h5-14H,1-4H3. The molecule has 3 heteroatoms. The van der Waals surface area contributed by atoms with Gasteiger partial charge in [0.25, 0.3) is 0 Å². The SMILES string of the molecule is COc1ccc(-c2ccc(-c3cnccc3C)c(C(C)C)c2)cn1. The van der Waals surface area contributed by atoms with Gasteiger partial charge in [-0.15, -0.1) is 0 Å². The zero-order valence-corrected chi connectivity index (χ0v) is 14.6. The highest BCUT2D eigenvalue weighted by Crippen LogP contribution is 2.34. The van der Waals surface area contributed by atoms with E-state index in [4.69, 9.17) is 4.74 Å². The van der Waals surface area contributed by atoms with E-state index in [1.54, 1.807) is 7.11 Å². The highest BCUT2D eigenvalue weighted by atomic mass is 16.5. The molecule has 0 radical (unpaired) electrons. The van der Waals surface area contributed by atoms with Crippen LogP contribution in [-0.2, 0) is 0 Å². The number of methoxy groups -OCH3 is 1. The smallest absolute Gasteiger partial charge is 0.212 e. The van der Waals surface area contributed by atoms with Crippen LogP contribution in [0, 0.1) is 6.92 Å². The van der Waals surface area contributed by atoms with Gasteiger partial charge in [0.15, 0.2) is 0 Å². The molecule has 24 heavy (non-hydrogen) atoms. The molecule has 3 aromatic rings. The molecule has 2 aromatic heterocycles. The Hall–Kier alpha value is -2.68. The lowest BCUT2D eigenvalue weighted by Crippen LogP contribution is -1.96. The summed E-state index contributed by atoms with van der Waals surface area (Å²) in [6.45, 7) is 6.57. The Morgan fingerprint density at radius 2 is 1.71 bits per heavy atom. The predicted molar refractivity (Wildman–Crippen MR) is 98.3 cm³/mol. The van der Waals surface area contributed by atoms with Crippen LogP contribution in [0.2, 0.25) is 0 Å². The maximum atomic E-state index is 5.14. The van der Waals surface area contributed by atoms with Crippen molar-refractivity contribution in [1.29, 1.82) is 0 Å². The van der Waals surface area contributed by atoms with E-state index < -0.39 is 0 Å². The average molecular weight is 318 g/mol. The quantitative estimate of drug-likeness (QED) is 0.659. The zero-order valence-electron chi connectivity index (χ0n) is 14.6. The van der Waals surface area contributed by atoms with Crippen molar-refractivity contribution in [2.75, 3.05) is 7.11 Å². The van der Waals surface area contributed by atoms with Crippen molar-refractivity contribution < 1.29 is 4.74 Å². The molecule has 0 bridgehead atoms. The fourth-order valence-electron chi connectivity index (χ4n) is 2.88. The van der Waals surface area contributed by atoms with E-state index in [0.717, 1.165) is 5.56 Å². The van der Waals surface area contributed by atoms with Gasteiger partial charge < -0.3 is 4.74 Å². The van der Waals surface area contributed by atoms with Crippen molar-refractivity contribution in [2.45, 2.75) is 26.7 Å². The topological polar surface area (TPSA) is 35.0 Å². The first-order valence-corrected chi connectivity index (χ1v) is 8.15. The van der Waals surface area contributed by atoms with Crippen molar-refractivity contribution in [1.82, 2.24) is 9.97 Å². The number of hydrogen-bond donors (Lipinski definition) is 0. The van der Waals surface area contributed by atoms with Crippen molar-refractivity contribution in [3.8, 4) is 28.1 Å². The number of rotatable bonds is 4. The van der Waals surface area contributed by atoms with E-state index in [1.165, 1.54) is 27.8 Å². The molecule has 2 heterocycles. The normalized spacial score (nSPS) is 10.9. The van der Waals surface area contributed by atoms with Gasteiger partial charge in [0.1, 0.15) is 0 Å². The Bertz CT molecular complexity index is 839. The molecular formula is C21H22N2O. The molecule has 1 aromatic carbocycles. The van der Waals surface area contributed by atoms with E-state index in [2.05, 4.69) is 55.0 Å². The Morgan fingerprint density at radius 3 is 2.33 bits per heavy atom. The summed E-state index contributed by atoms with van der Waals surface area (Å²) in [4.78, 5) is 8.61. The van der Waals surface area contributed by atoms with Crippen LogP contribution in [-0.4, -0.2) is 17.1 Å². The number of benzene rings is 1. The third-order valence-electron chi connectivity index (χ3n) is 4.28. The van der Waals surface area contributed by atoms with Crippen LogP contribution >= 0.6 is 0 Å². The molecule has 0 unspecified atom stereocenters. The first-order chi connectivity index (χ1) is 11.6. The molecule has 0 aliphatic rings. The molecule has 0 saturated carbocycles. The van der Waals surface area contributed by atoms with Crippen LogP contribution in [0.1, 0.15) is 30.9 Å². The molecular weight excluding hydrogens is 296 g/mol. The molecule has 3 rings (SSSR count). The summed E-state index contributed by atoms with van der Waals surface area (Å²) in [5, 5.41) is 0. The van der Waals surface area contributed by atoms with Crippen molar-refractivity contribution >= 4 is 0 Å². The lowest BCUT2D eigenvalue weighted by atomic mass is 9.89. The van der Waals surface area contributed by atoms with Gasteiger partial charge in [-0.1, -0.05) is 32.0 Å². The maximum absolute atomic E-state index is 5.14. The van der Waals surface area contributed by atoms with Gasteiger partial charge in [-0.2, -0.15) is 0 Å². The van der Waals surface area contributed by atoms with Gasteiger partial charge in [-0.05, 0) is 47.2 Å². The summed E-state index contributed by atoms with van der Waals surface area (Å²) in [6.07, 6.45) is 5.64. The lowest BCUT2D eigenvalue weighted by Gasteiger charge is -2.16. The van der Waals surface area contributed by atoms with Gasteiger partial charge in [-0.25, -0.2) is 4.98 Å². The third kappa shape index (κ3) is 3.16. The minimum atomic E-state index is 0.422. The van der Waals surface area contributed by atoms with Crippen LogP contribution in [0.5, 0.6) is 5.88 Å². The molecule has 0 aliphatic heterocycles. The second-order valence-electron chi connectivity index (χ2n) is 6.24. The summed E-state index contributed by atoms with van der Waals surface area (Å²) < 4.78 is 5.14. The van der Waals surface area contributed by atoms with Crippen molar-refractivity contribution in [3.05, 3.63) is 66.1 Å². The average Bonchev–Trinajstić information content (AvgIpc) is 2.62. The number of hydrogen-bond acceptors (Lipinski definition) is 3. The summed E-state index contributed by atoms with van der Waals surface area (Å²) in [5.74, 6) is 1.05. The maximum Gasteiger partial charge on any atom is 0.212 e. The summed E-state index contributed by atoms with van der Waals surface area (Å²) in [5.41, 5.74) is 7.26. The molecule has 0 fully saturated rings. The molecule has 0 spiro atoms. The van der Waals surface area contributed by atoms with Gasteiger partial charge >= 0.3 is 0 Å². The molecule has 0 atom stereocenters. The van der Waals surface area contributed by atoms with E-state index in [1.807, 2.05) is 30.7 Å². The highest BCUT2D eigenvalue weighted by Gasteiger charge is 2.12. The van der Waals surface area contributed by atoms with Crippen LogP contribution < -0.4 is 4.74 Å². The van der Waals surface area contributed by atoms with Crippen molar-refractivity contribution in [2.24, 2.45) is 0 Å². The Balaban J connectivity index is 2.09. The van der Waals surface area contributed by atoms with E-state index in [0.29, 0.717) is 11.8 Å². The predicted octanol–water partition coefficient (Wildman–Crippen LogP) is 5.25. The van der Waals surface area contributed by atoms with Gasteiger partial charge in [0.2, 0.25) is 5.88 Å².